The Balaban J connectivity index is 2.30. The van der Waals surface area contributed by atoms with Crippen molar-refractivity contribution in [2.24, 2.45) is 5.73 Å². The molecule has 0 fully saturated rings. The predicted octanol–water partition coefficient (Wildman–Crippen LogP) is 5.31. The van der Waals surface area contributed by atoms with E-state index in [1.165, 1.54) is 12.1 Å². The van der Waals surface area contributed by atoms with E-state index in [4.69, 9.17) is 22.1 Å². The highest BCUT2D eigenvalue weighted by molar-refractivity contribution is 9.10. The fourth-order valence-corrected chi connectivity index (χ4v) is 2.59. The van der Waals surface area contributed by atoms with Gasteiger partial charge in [0.2, 0.25) is 0 Å². The fraction of sp³-hybridized carbons (Fsp3) is 0.250. The van der Waals surface area contributed by atoms with Gasteiger partial charge in [0, 0.05) is 21.6 Å². The Bertz CT molecular complexity index is 615. The fourth-order valence-electron chi connectivity index (χ4n) is 1.95. The van der Waals surface area contributed by atoms with Crippen molar-refractivity contribution in [1.29, 1.82) is 0 Å². The van der Waals surface area contributed by atoms with Gasteiger partial charge in [-0.05, 0) is 48.7 Å². The maximum atomic E-state index is 13.4. The number of ether oxygens (including phenoxy) is 1. The highest BCUT2D eigenvalue weighted by atomic mass is 79.9. The van der Waals surface area contributed by atoms with Gasteiger partial charge < -0.3 is 10.5 Å². The second-order valence-electron chi connectivity index (χ2n) is 4.83. The van der Waals surface area contributed by atoms with E-state index in [-0.39, 0.29) is 11.9 Å². The molecule has 2 rings (SSSR count). The van der Waals surface area contributed by atoms with Gasteiger partial charge in [-0.3, -0.25) is 0 Å². The molecule has 0 radical (unpaired) electrons. The van der Waals surface area contributed by atoms with Crippen molar-refractivity contribution < 1.29 is 9.13 Å². The summed E-state index contributed by atoms with van der Waals surface area (Å²) in [5.74, 6) is 0.705. The first-order valence-electron chi connectivity index (χ1n) is 6.66. The van der Waals surface area contributed by atoms with Gasteiger partial charge in [-0.1, -0.05) is 34.5 Å². The number of hydrogen-bond donors (Lipinski definition) is 1. The zero-order chi connectivity index (χ0) is 15.4. The molecule has 2 N–H and O–H groups in total. The van der Waals surface area contributed by atoms with Crippen LogP contribution in [0.25, 0.3) is 0 Å². The molecule has 0 heterocycles. The first-order chi connectivity index (χ1) is 9.97. The molecule has 2 aromatic rings. The molecule has 112 valence electrons. The van der Waals surface area contributed by atoms with E-state index in [2.05, 4.69) is 15.9 Å². The first kappa shape index (κ1) is 16.3. The summed E-state index contributed by atoms with van der Waals surface area (Å²) < 4.78 is 19.8. The Morgan fingerprint density at radius 1 is 1.29 bits per heavy atom. The molecular weight excluding hydrogens is 357 g/mol. The maximum Gasteiger partial charge on any atom is 0.131 e. The van der Waals surface area contributed by atoms with Gasteiger partial charge in [-0.15, -0.1) is 0 Å². The van der Waals surface area contributed by atoms with E-state index in [0.717, 1.165) is 12.0 Å². The van der Waals surface area contributed by atoms with Crippen LogP contribution in [-0.2, 0) is 6.42 Å². The summed E-state index contributed by atoms with van der Waals surface area (Å²) in [5, 5.41) is 0.626. The number of nitrogens with two attached hydrogens (primary N) is 1. The number of rotatable bonds is 5. The molecule has 0 aliphatic heterocycles. The summed E-state index contributed by atoms with van der Waals surface area (Å²) in [6.07, 6.45) is 1.51. The number of hydrogen-bond acceptors (Lipinski definition) is 2. The summed E-state index contributed by atoms with van der Waals surface area (Å²) in [5.41, 5.74) is 6.91. The molecule has 0 saturated carbocycles. The highest BCUT2D eigenvalue weighted by Gasteiger charge is 2.11. The lowest BCUT2D eigenvalue weighted by atomic mass is 10.0. The first-order valence-corrected chi connectivity index (χ1v) is 7.83. The van der Waals surface area contributed by atoms with Gasteiger partial charge in [0.05, 0.1) is 0 Å². The van der Waals surface area contributed by atoms with Crippen LogP contribution in [0, 0.1) is 5.82 Å². The van der Waals surface area contributed by atoms with Crippen LogP contribution in [0.1, 0.15) is 18.9 Å². The van der Waals surface area contributed by atoms with Crippen LogP contribution < -0.4 is 10.5 Å². The van der Waals surface area contributed by atoms with Crippen LogP contribution in [0.4, 0.5) is 4.39 Å². The van der Waals surface area contributed by atoms with Crippen LogP contribution in [0.5, 0.6) is 11.5 Å². The standard InChI is InChI=1S/C16H16BrClFNO/c1-2-14(20)6-10-5-12(18)3-4-16(10)21-15-8-11(17)7-13(19)9-15/h3-5,7-9,14H,2,6,20H2,1H3. The minimum atomic E-state index is -0.361. The third kappa shape index (κ3) is 4.70. The Labute approximate surface area is 137 Å². The van der Waals surface area contributed by atoms with Crippen LogP contribution in [0.3, 0.4) is 0 Å². The van der Waals surface area contributed by atoms with Crippen molar-refractivity contribution in [3.8, 4) is 11.5 Å². The zero-order valence-corrected chi connectivity index (χ0v) is 13.9. The van der Waals surface area contributed by atoms with Crippen LogP contribution in [0.2, 0.25) is 5.02 Å². The van der Waals surface area contributed by atoms with Crippen molar-refractivity contribution in [2.45, 2.75) is 25.8 Å². The lowest BCUT2D eigenvalue weighted by Gasteiger charge is -2.15. The molecule has 2 aromatic carbocycles. The minimum absolute atomic E-state index is 0.0325. The average Bonchev–Trinajstić information content (AvgIpc) is 2.40. The molecule has 0 amide bonds. The monoisotopic (exact) mass is 371 g/mol. The van der Waals surface area contributed by atoms with Crippen LogP contribution in [-0.4, -0.2) is 6.04 Å². The van der Waals surface area contributed by atoms with Crippen molar-refractivity contribution in [1.82, 2.24) is 0 Å². The van der Waals surface area contributed by atoms with Crippen molar-refractivity contribution in [3.63, 3.8) is 0 Å². The zero-order valence-electron chi connectivity index (χ0n) is 11.6. The second-order valence-corrected chi connectivity index (χ2v) is 6.18. The lowest BCUT2D eigenvalue weighted by Crippen LogP contribution is -2.21. The van der Waals surface area contributed by atoms with E-state index in [9.17, 15) is 4.39 Å². The minimum Gasteiger partial charge on any atom is -0.457 e. The van der Waals surface area contributed by atoms with E-state index in [0.29, 0.717) is 27.4 Å². The van der Waals surface area contributed by atoms with E-state index >= 15 is 0 Å². The Morgan fingerprint density at radius 2 is 2.05 bits per heavy atom. The molecule has 5 heteroatoms. The average molecular weight is 373 g/mol. The molecular formula is C16H16BrClFNO. The molecule has 1 unspecified atom stereocenters. The van der Waals surface area contributed by atoms with E-state index in [1.807, 2.05) is 13.0 Å². The Kier molecular flexibility index (Phi) is 5.62. The largest absolute Gasteiger partial charge is 0.457 e. The SMILES string of the molecule is CCC(N)Cc1cc(Cl)ccc1Oc1cc(F)cc(Br)c1. The highest BCUT2D eigenvalue weighted by Crippen LogP contribution is 2.31. The van der Waals surface area contributed by atoms with Crippen LogP contribution >= 0.6 is 27.5 Å². The van der Waals surface area contributed by atoms with Gasteiger partial charge in [0.1, 0.15) is 17.3 Å². The molecule has 0 aliphatic rings. The summed E-state index contributed by atoms with van der Waals surface area (Å²) in [6, 6.07) is 9.81. The summed E-state index contributed by atoms with van der Waals surface area (Å²) in [4.78, 5) is 0. The lowest BCUT2D eigenvalue weighted by molar-refractivity contribution is 0.466. The van der Waals surface area contributed by atoms with E-state index < -0.39 is 0 Å². The van der Waals surface area contributed by atoms with Crippen molar-refractivity contribution in [3.05, 3.63) is 57.3 Å². The van der Waals surface area contributed by atoms with Gasteiger partial charge in [0.25, 0.3) is 0 Å². The third-order valence-corrected chi connectivity index (χ3v) is 3.79. The number of benzene rings is 2. The van der Waals surface area contributed by atoms with Crippen molar-refractivity contribution >= 4 is 27.5 Å². The molecule has 0 bridgehead atoms. The van der Waals surface area contributed by atoms with Gasteiger partial charge in [-0.2, -0.15) is 0 Å². The topological polar surface area (TPSA) is 35.2 Å². The smallest absolute Gasteiger partial charge is 0.131 e. The second kappa shape index (κ2) is 7.25. The van der Waals surface area contributed by atoms with Gasteiger partial charge >= 0.3 is 0 Å². The number of halogens is 3. The molecule has 0 aliphatic carbocycles. The van der Waals surface area contributed by atoms with Crippen molar-refractivity contribution in [2.75, 3.05) is 0 Å². The molecule has 0 aromatic heterocycles. The predicted molar refractivity (Wildman–Crippen MR) is 87.6 cm³/mol. The van der Waals surface area contributed by atoms with Gasteiger partial charge in [0.15, 0.2) is 0 Å². The summed E-state index contributed by atoms with van der Waals surface area (Å²) in [6.45, 7) is 2.03. The Hall–Kier alpha value is -1.10. The maximum absolute atomic E-state index is 13.4. The van der Waals surface area contributed by atoms with Gasteiger partial charge in [-0.25, -0.2) is 4.39 Å². The normalized spacial score (nSPS) is 12.2. The van der Waals surface area contributed by atoms with Crippen LogP contribution in [0.15, 0.2) is 40.9 Å². The molecule has 0 saturated heterocycles. The quantitative estimate of drug-likeness (QED) is 0.771. The molecule has 0 spiro atoms. The summed E-state index contributed by atoms with van der Waals surface area (Å²) >= 11 is 9.28. The summed E-state index contributed by atoms with van der Waals surface area (Å²) in [7, 11) is 0. The molecule has 2 nitrogen and oxygen atoms in total. The van der Waals surface area contributed by atoms with E-state index in [1.54, 1.807) is 18.2 Å². The molecule has 1 atom stereocenters. The Morgan fingerprint density at radius 3 is 2.71 bits per heavy atom. The molecule has 21 heavy (non-hydrogen) atoms. The third-order valence-electron chi connectivity index (χ3n) is 3.09.